The van der Waals surface area contributed by atoms with Gasteiger partial charge in [0.15, 0.2) is 17.0 Å². The molecule has 1 saturated heterocycles. The SMILES string of the molecule is Oc1ccc(O)c(CNc2nc(F)nc3c2ncn3C2CCCO2)c1. The lowest BCUT2D eigenvalue weighted by Gasteiger charge is -2.12. The molecule has 0 spiro atoms. The van der Waals surface area contributed by atoms with Crippen LogP contribution in [0.1, 0.15) is 24.6 Å². The molecule has 8 nitrogen and oxygen atoms in total. The normalized spacial score (nSPS) is 17.2. The van der Waals surface area contributed by atoms with Crippen molar-refractivity contribution in [3.05, 3.63) is 36.2 Å². The highest BCUT2D eigenvalue weighted by atomic mass is 19.1. The van der Waals surface area contributed by atoms with Gasteiger partial charge in [-0.2, -0.15) is 14.4 Å². The van der Waals surface area contributed by atoms with Gasteiger partial charge in [-0.25, -0.2) is 4.98 Å². The Morgan fingerprint density at radius 3 is 3.00 bits per heavy atom. The van der Waals surface area contributed by atoms with Crippen molar-refractivity contribution in [3.8, 4) is 11.5 Å². The smallest absolute Gasteiger partial charge is 0.312 e. The van der Waals surface area contributed by atoms with Crippen LogP contribution in [-0.4, -0.2) is 36.3 Å². The van der Waals surface area contributed by atoms with Crippen molar-refractivity contribution >= 4 is 17.0 Å². The molecule has 0 radical (unpaired) electrons. The van der Waals surface area contributed by atoms with E-state index in [1.807, 2.05) is 0 Å². The number of aromatic hydroxyl groups is 2. The molecule has 1 fully saturated rings. The molecule has 0 saturated carbocycles. The second-order valence-corrected chi connectivity index (χ2v) is 5.80. The minimum absolute atomic E-state index is 0.0148. The Morgan fingerprint density at radius 2 is 2.20 bits per heavy atom. The molecule has 130 valence electrons. The number of aromatic nitrogens is 4. The van der Waals surface area contributed by atoms with Gasteiger partial charge in [0.1, 0.15) is 17.7 Å². The van der Waals surface area contributed by atoms with Crippen molar-refractivity contribution in [2.45, 2.75) is 25.6 Å². The van der Waals surface area contributed by atoms with Crippen LogP contribution in [0.15, 0.2) is 24.5 Å². The number of rotatable bonds is 4. The Labute approximate surface area is 141 Å². The van der Waals surface area contributed by atoms with Gasteiger partial charge in [-0.05, 0) is 31.0 Å². The van der Waals surface area contributed by atoms with Crippen molar-refractivity contribution < 1.29 is 19.3 Å². The summed E-state index contributed by atoms with van der Waals surface area (Å²) < 4.78 is 21.2. The number of anilines is 1. The second kappa shape index (κ2) is 6.17. The summed E-state index contributed by atoms with van der Waals surface area (Å²) in [6.45, 7) is 0.790. The third kappa shape index (κ3) is 2.93. The Hall–Kier alpha value is -2.94. The van der Waals surface area contributed by atoms with Gasteiger partial charge in [0, 0.05) is 18.7 Å². The van der Waals surface area contributed by atoms with E-state index >= 15 is 0 Å². The molecule has 9 heteroatoms. The van der Waals surface area contributed by atoms with E-state index in [0.29, 0.717) is 23.3 Å². The maximum Gasteiger partial charge on any atom is 0.312 e. The van der Waals surface area contributed by atoms with Gasteiger partial charge in [-0.1, -0.05) is 0 Å². The van der Waals surface area contributed by atoms with Crippen LogP contribution in [-0.2, 0) is 11.3 Å². The number of imidazole rings is 1. The average Bonchev–Trinajstić information content (AvgIpc) is 3.24. The summed E-state index contributed by atoms with van der Waals surface area (Å²) in [5.41, 5.74) is 1.21. The van der Waals surface area contributed by atoms with Gasteiger partial charge >= 0.3 is 6.08 Å². The Bertz CT molecular complexity index is 924. The highest BCUT2D eigenvalue weighted by Gasteiger charge is 2.22. The zero-order chi connectivity index (χ0) is 17.4. The number of benzene rings is 1. The summed E-state index contributed by atoms with van der Waals surface area (Å²) >= 11 is 0. The van der Waals surface area contributed by atoms with E-state index < -0.39 is 6.08 Å². The average molecular weight is 345 g/mol. The molecule has 0 bridgehead atoms. The van der Waals surface area contributed by atoms with Crippen molar-refractivity contribution in [1.82, 2.24) is 19.5 Å². The van der Waals surface area contributed by atoms with Crippen molar-refractivity contribution in [2.24, 2.45) is 0 Å². The number of ether oxygens (including phenoxy) is 1. The fourth-order valence-electron chi connectivity index (χ4n) is 2.90. The number of nitrogens with one attached hydrogen (secondary N) is 1. The van der Waals surface area contributed by atoms with Crippen LogP contribution in [0.4, 0.5) is 10.2 Å². The van der Waals surface area contributed by atoms with Gasteiger partial charge in [0.05, 0.1) is 6.33 Å². The van der Waals surface area contributed by atoms with Crippen LogP contribution in [0.2, 0.25) is 0 Å². The molecule has 3 heterocycles. The largest absolute Gasteiger partial charge is 0.508 e. The minimum atomic E-state index is -0.880. The number of hydrogen-bond acceptors (Lipinski definition) is 7. The first kappa shape index (κ1) is 15.6. The molecule has 1 aromatic carbocycles. The van der Waals surface area contributed by atoms with E-state index in [0.717, 1.165) is 12.8 Å². The molecule has 0 amide bonds. The summed E-state index contributed by atoms with van der Waals surface area (Å²) in [5.74, 6) is 0.249. The van der Waals surface area contributed by atoms with Gasteiger partial charge < -0.3 is 20.3 Å². The van der Waals surface area contributed by atoms with Gasteiger partial charge in [0.2, 0.25) is 0 Å². The second-order valence-electron chi connectivity index (χ2n) is 5.80. The summed E-state index contributed by atoms with van der Waals surface area (Å²) in [4.78, 5) is 11.9. The molecule has 1 aliphatic rings. The fourth-order valence-corrected chi connectivity index (χ4v) is 2.90. The lowest BCUT2D eigenvalue weighted by Crippen LogP contribution is -2.09. The predicted molar refractivity (Wildman–Crippen MR) is 86.6 cm³/mol. The zero-order valence-corrected chi connectivity index (χ0v) is 13.2. The molecule has 1 aliphatic heterocycles. The number of phenolic OH excluding ortho intramolecular Hbond substituents is 2. The molecule has 1 atom stereocenters. The highest BCUT2D eigenvalue weighted by molar-refractivity contribution is 5.82. The number of phenols is 2. The van der Waals surface area contributed by atoms with Gasteiger partial charge in [0.25, 0.3) is 0 Å². The lowest BCUT2D eigenvalue weighted by atomic mass is 10.2. The van der Waals surface area contributed by atoms with E-state index in [2.05, 4.69) is 20.3 Å². The molecule has 0 aliphatic carbocycles. The standard InChI is InChI=1S/C16H16FN5O3/c17-16-20-14(18-7-9-6-10(23)3-4-11(9)24)13-15(21-16)22(8-19-13)12-2-1-5-25-12/h3-4,6,8,12,23-24H,1-2,5,7H2,(H,18,20,21). The molecule has 3 N–H and O–H groups in total. The van der Waals surface area contributed by atoms with E-state index in [9.17, 15) is 14.6 Å². The monoisotopic (exact) mass is 345 g/mol. The summed E-state index contributed by atoms with van der Waals surface area (Å²) in [5, 5.41) is 22.3. The van der Waals surface area contributed by atoms with Crippen LogP contribution in [0.3, 0.4) is 0 Å². The zero-order valence-electron chi connectivity index (χ0n) is 13.2. The van der Waals surface area contributed by atoms with Crippen molar-refractivity contribution in [1.29, 1.82) is 0 Å². The van der Waals surface area contributed by atoms with Gasteiger partial charge in [-0.15, -0.1) is 0 Å². The summed E-state index contributed by atoms with van der Waals surface area (Å²) in [6, 6.07) is 4.18. The predicted octanol–water partition coefficient (Wildman–Crippen LogP) is 2.30. The topological polar surface area (TPSA) is 105 Å². The Kier molecular flexibility index (Phi) is 3.85. The highest BCUT2D eigenvalue weighted by Crippen LogP contribution is 2.29. The quantitative estimate of drug-likeness (QED) is 0.492. The van der Waals surface area contributed by atoms with Crippen LogP contribution in [0, 0.1) is 6.08 Å². The molecule has 2 aromatic heterocycles. The van der Waals surface area contributed by atoms with Crippen LogP contribution < -0.4 is 5.32 Å². The van der Waals surface area contributed by atoms with E-state index in [4.69, 9.17) is 4.74 Å². The van der Waals surface area contributed by atoms with Crippen molar-refractivity contribution in [2.75, 3.05) is 11.9 Å². The first-order valence-electron chi connectivity index (χ1n) is 7.88. The summed E-state index contributed by atoms with van der Waals surface area (Å²) in [7, 11) is 0. The van der Waals surface area contributed by atoms with Crippen LogP contribution in [0.25, 0.3) is 11.2 Å². The maximum atomic E-state index is 13.9. The Balaban J connectivity index is 1.66. The van der Waals surface area contributed by atoms with Crippen LogP contribution >= 0.6 is 0 Å². The van der Waals surface area contributed by atoms with Gasteiger partial charge in [-0.3, -0.25) is 4.57 Å². The third-order valence-electron chi connectivity index (χ3n) is 4.12. The molecule has 25 heavy (non-hydrogen) atoms. The summed E-state index contributed by atoms with van der Waals surface area (Å²) in [6.07, 6.45) is 2.22. The number of halogens is 1. The first-order chi connectivity index (χ1) is 12.1. The third-order valence-corrected chi connectivity index (χ3v) is 4.12. The fraction of sp³-hybridized carbons (Fsp3) is 0.312. The van der Waals surface area contributed by atoms with E-state index in [1.165, 1.54) is 18.2 Å². The van der Waals surface area contributed by atoms with E-state index in [1.54, 1.807) is 10.9 Å². The minimum Gasteiger partial charge on any atom is -0.508 e. The van der Waals surface area contributed by atoms with E-state index in [-0.39, 0.29) is 30.1 Å². The maximum absolute atomic E-state index is 13.9. The molecule has 4 rings (SSSR count). The lowest BCUT2D eigenvalue weighted by molar-refractivity contribution is 0.0592. The Morgan fingerprint density at radius 1 is 1.32 bits per heavy atom. The number of nitrogens with zero attached hydrogens (tertiary/aromatic N) is 4. The first-order valence-corrected chi connectivity index (χ1v) is 7.88. The molecule has 1 unspecified atom stereocenters. The number of fused-ring (bicyclic) bond motifs is 1. The van der Waals surface area contributed by atoms with Crippen LogP contribution in [0.5, 0.6) is 11.5 Å². The molecular formula is C16H16FN5O3. The molecule has 3 aromatic rings. The number of hydrogen-bond donors (Lipinski definition) is 3. The van der Waals surface area contributed by atoms with Crippen molar-refractivity contribution in [3.63, 3.8) is 0 Å². The molecular weight excluding hydrogens is 329 g/mol.